The Bertz CT molecular complexity index is 781. The summed E-state index contributed by atoms with van der Waals surface area (Å²) in [6.45, 7) is 1.44. The lowest BCUT2D eigenvalue weighted by atomic mass is 10.1. The lowest BCUT2D eigenvalue weighted by Crippen LogP contribution is -2.30. The number of amides is 1. The Balaban J connectivity index is 1.95. The summed E-state index contributed by atoms with van der Waals surface area (Å²) in [5, 5.41) is 2.55. The number of carbonyl (C=O) groups excluding carboxylic acids is 2. The molecule has 1 N–H and O–H groups in total. The zero-order valence-corrected chi connectivity index (χ0v) is 14.5. The first-order chi connectivity index (χ1) is 11.9. The number of rotatable bonds is 6. The molecule has 0 aliphatic rings. The molecule has 0 saturated heterocycles. The van der Waals surface area contributed by atoms with Crippen LogP contribution in [-0.2, 0) is 20.7 Å². The third-order valence-electron chi connectivity index (χ3n) is 3.39. The van der Waals surface area contributed by atoms with E-state index in [1.807, 2.05) is 0 Å². The van der Waals surface area contributed by atoms with Crippen molar-refractivity contribution in [2.75, 3.05) is 12.4 Å². The fourth-order valence-corrected chi connectivity index (χ4v) is 2.34. The number of hydrogen-bond donors (Lipinski definition) is 1. The zero-order valence-electron chi connectivity index (χ0n) is 13.7. The van der Waals surface area contributed by atoms with Crippen molar-refractivity contribution in [1.82, 2.24) is 0 Å². The molecule has 2 rings (SSSR count). The highest BCUT2D eigenvalue weighted by Gasteiger charge is 2.20. The number of esters is 1. The fraction of sp³-hybridized carbons (Fsp3) is 0.222. The van der Waals surface area contributed by atoms with E-state index in [9.17, 15) is 14.0 Å². The van der Waals surface area contributed by atoms with Crippen molar-refractivity contribution in [3.8, 4) is 5.75 Å². The van der Waals surface area contributed by atoms with Crippen molar-refractivity contribution in [3.63, 3.8) is 0 Å². The number of anilines is 1. The molecule has 0 unspecified atom stereocenters. The minimum Gasteiger partial charge on any atom is -0.496 e. The number of benzene rings is 2. The molecule has 2 aromatic rings. The molecular weight excluding hydrogens is 349 g/mol. The molecule has 0 heterocycles. The number of methoxy groups -OCH3 is 1. The second-order valence-corrected chi connectivity index (χ2v) is 5.64. The van der Waals surface area contributed by atoms with Gasteiger partial charge < -0.3 is 14.8 Å². The first-order valence-corrected chi connectivity index (χ1v) is 7.85. The predicted molar refractivity (Wildman–Crippen MR) is 92.3 cm³/mol. The smallest absolute Gasteiger partial charge is 0.311 e. The van der Waals surface area contributed by atoms with Gasteiger partial charge in [-0.1, -0.05) is 29.8 Å². The lowest BCUT2D eigenvalue weighted by Gasteiger charge is -2.15. The van der Waals surface area contributed by atoms with Gasteiger partial charge in [0, 0.05) is 5.56 Å². The van der Waals surface area contributed by atoms with E-state index in [0.717, 1.165) is 6.07 Å². The number of carbonyl (C=O) groups is 2. The van der Waals surface area contributed by atoms with Crippen LogP contribution < -0.4 is 10.1 Å². The van der Waals surface area contributed by atoms with Crippen LogP contribution in [0.2, 0.25) is 5.02 Å². The molecule has 0 bridgehead atoms. The van der Waals surface area contributed by atoms with Gasteiger partial charge in [0.05, 0.1) is 24.2 Å². The highest BCUT2D eigenvalue weighted by atomic mass is 35.5. The summed E-state index contributed by atoms with van der Waals surface area (Å²) in [5.41, 5.74) is 0.893. The van der Waals surface area contributed by atoms with Crippen LogP contribution in [-0.4, -0.2) is 25.1 Å². The number of hydrogen-bond acceptors (Lipinski definition) is 4. The molecular formula is C18H17ClFNO4. The van der Waals surface area contributed by atoms with Crippen molar-refractivity contribution in [2.24, 2.45) is 0 Å². The van der Waals surface area contributed by atoms with Crippen LogP contribution in [0.3, 0.4) is 0 Å². The van der Waals surface area contributed by atoms with E-state index >= 15 is 0 Å². The van der Waals surface area contributed by atoms with Crippen LogP contribution in [0.25, 0.3) is 0 Å². The molecule has 0 aliphatic carbocycles. The van der Waals surface area contributed by atoms with Gasteiger partial charge in [0.15, 0.2) is 6.10 Å². The van der Waals surface area contributed by atoms with Crippen molar-refractivity contribution >= 4 is 29.2 Å². The molecule has 0 saturated carbocycles. The SMILES string of the molecule is COc1ccccc1CC(=O)O[C@H](C)C(=O)Nc1ccc(F)cc1Cl. The Morgan fingerprint density at radius 2 is 1.96 bits per heavy atom. The average molecular weight is 366 g/mol. The standard InChI is InChI=1S/C18H17ClFNO4/c1-11(18(23)21-15-8-7-13(20)10-14(15)19)25-17(22)9-12-5-3-4-6-16(12)24-2/h3-8,10-11H,9H2,1-2H3,(H,21,23)/t11-/m1/s1. The maximum absolute atomic E-state index is 13.0. The van der Waals surface area contributed by atoms with E-state index in [1.165, 1.54) is 26.2 Å². The molecule has 0 spiro atoms. The Hall–Kier alpha value is -2.60. The molecule has 7 heteroatoms. The molecule has 0 radical (unpaired) electrons. The minimum absolute atomic E-state index is 0.0288. The van der Waals surface area contributed by atoms with Gasteiger partial charge in [-0.3, -0.25) is 9.59 Å². The van der Waals surface area contributed by atoms with Crippen molar-refractivity contribution in [1.29, 1.82) is 0 Å². The lowest BCUT2D eigenvalue weighted by molar-refractivity contribution is -0.152. The predicted octanol–water partition coefficient (Wildman–Crippen LogP) is 3.60. The number of para-hydroxylation sites is 1. The van der Waals surface area contributed by atoms with Gasteiger partial charge in [0.25, 0.3) is 5.91 Å². The van der Waals surface area contributed by atoms with Gasteiger partial charge in [-0.15, -0.1) is 0 Å². The van der Waals surface area contributed by atoms with Crippen LogP contribution in [0.15, 0.2) is 42.5 Å². The monoisotopic (exact) mass is 365 g/mol. The van der Waals surface area contributed by atoms with Crippen LogP contribution in [0.5, 0.6) is 5.75 Å². The number of halogens is 2. The number of nitrogens with one attached hydrogen (secondary N) is 1. The second-order valence-electron chi connectivity index (χ2n) is 5.23. The van der Waals surface area contributed by atoms with Crippen LogP contribution in [0.1, 0.15) is 12.5 Å². The summed E-state index contributed by atoms with van der Waals surface area (Å²) >= 11 is 5.85. The van der Waals surface area contributed by atoms with Gasteiger partial charge in [-0.2, -0.15) is 0 Å². The summed E-state index contributed by atoms with van der Waals surface area (Å²) in [6.07, 6.45) is -1.07. The quantitative estimate of drug-likeness (QED) is 0.794. The van der Waals surface area contributed by atoms with Crippen molar-refractivity contribution in [2.45, 2.75) is 19.4 Å². The van der Waals surface area contributed by atoms with Gasteiger partial charge in [0.1, 0.15) is 11.6 Å². The molecule has 0 aliphatic heterocycles. The van der Waals surface area contributed by atoms with Gasteiger partial charge >= 0.3 is 5.97 Å². The Kier molecular flexibility index (Phi) is 6.36. The van der Waals surface area contributed by atoms with E-state index in [4.69, 9.17) is 21.1 Å². The Morgan fingerprint density at radius 1 is 1.24 bits per heavy atom. The zero-order chi connectivity index (χ0) is 18.4. The third-order valence-corrected chi connectivity index (χ3v) is 3.71. The van der Waals surface area contributed by atoms with E-state index < -0.39 is 23.8 Å². The highest BCUT2D eigenvalue weighted by Crippen LogP contribution is 2.23. The van der Waals surface area contributed by atoms with E-state index in [1.54, 1.807) is 24.3 Å². The number of ether oxygens (including phenoxy) is 2. The summed E-state index contributed by atoms with van der Waals surface area (Å²) in [4.78, 5) is 24.1. The molecule has 2 aromatic carbocycles. The molecule has 0 aromatic heterocycles. The van der Waals surface area contributed by atoms with Crippen LogP contribution in [0.4, 0.5) is 10.1 Å². The van der Waals surface area contributed by atoms with Crippen LogP contribution >= 0.6 is 11.6 Å². The van der Waals surface area contributed by atoms with Gasteiger partial charge in [-0.05, 0) is 31.2 Å². The first-order valence-electron chi connectivity index (χ1n) is 7.48. The minimum atomic E-state index is -1.04. The van der Waals surface area contributed by atoms with E-state index in [0.29, 0.717) is 11.3 Å². The molecule has 1 atom stereocenters. The average Bonchev–Trinajstić information content (AvgIpc) is 2.57. The molecule has 25 heavy (non-hydrogen) atoms. The van der Waals surface area contributed by atoms with Crippen molar-refractivity contribution < 1.29 is 23.5 Å². The summed E-state index contributed by atoms with van der Waals surface area (Å²) in [7, 11) is 1.51. The Morgan fingerprint density at radius 3 is 2.64 bits per heavy atom. The summed E-state index contributed by atoms with van der Waals surface area (Å²) in [6, 6.07) is 10.6. The largest absolute Gasteiger partial charge is 0.496 e. The molecule has 5 nitrogen and oxygen atoms in total. The molecule has 1 amide bonds. The fourth-order valence-electron chi connectivity index (χ4n) is 2.12. The molecule has 132 valence electrons. The third kappa shape index (κ3) is 5.19. The van der Waals surface area contributed by atoms with Gasteiger partial charge in [-0.25, -0.2) is 4.39 Å². The highest BCUT2D eigenvalue weighted by molar-refractivity contribution is 6.33. The maximum atomic E-state index is 13.0. The Labute approximate surface area is 149 Å². The topological polar surface area (TPSA) is 64.6 Å². The van der Waals surface area contributed by atoms with E-state index in [2.05, 4.69) is 5.32 Å². The van der Waals surface area contributed by atoms with E-state index in [-0.39, 0.29) is 17.1 Å². The normalized spacial score (nSPS) is 11.5. The van der Waals surface area contributed by atoms with Crippen molar-refractivity contribution in [3.05, 3.63) is 58.9 Å². The van der Waals surface area contributed by atoms with Gasteiger partial charge in [0.2, 0.25) is 0 Å². The maximum Gasteiger partial charge on any atom is 0.311 e. The second kappa shape index (κ2) is 8.48. The molecule has 0 fully saturated rings. The summed E-state index contributed by atoms with van der Waals surface area (Å²) < 4.78 is 23.3. The first kappa shape index (κ1) is 18.7. The summed E-state index contributed by atoms with van der Waals surface area (Å²) in [5.74, 6) is -1.09. The van der Waals surface area contributed by atoms with Crippen LogP contribution in [0, 0.1) is 5.82 Å².